The van der Waals surface area contributed by atoms with Crippen molar-refractivity contribution in [1.82, 2.24) is 10.3 Å². The Morgan fingerprint density at radius 3 is 2.30 bits per heavy atom. The summed E-state index contributed by atoms with van der Waals surface area (Å²) in [6, 6.07) is 10.0. The third kappa shape index (κ3) is 5.20. The van der Waals surface area contributed by atoms with Crippen molar-refractivity contribution in [3.8, 4) is 5.88 Å². The molecule has 27 heavy (non-hydrogen) atoms. The first-order valence-electron chi connectivity index (χ1n) is 8.82. The lowest BCUT2D eigenvalue weighted by molar-refractivity contribution is 0.0600. The first-order valence-corrected chi connectivity index (χ1v) is 9.20. The number of nitrogens with one attached hydrogen (secondary N) is 1. The molecule has 1 saturated carbocycles. The highest BCUT2D eigenvalue weighted by Crippen LogP contribution is 2.23. The maximum atomic E-state index is 12.4. The zero-order chi connectivity index (χ0) is 19.2. The van der Waals surface area contributed by atoms with E-state index in [0.717, 1.165) is 25.7 Å². The monoisotopic (exact) mass is 388 g/mol. The number of halogens is 1. The highest BCUT2D eigenvalue weighted by atomic mass is 35.5. The number of benzene rings is 1. The Bertz CT molecular complexity index is 785. The van der Waals surface area contributed by atoms with Crippen molar-refractivity contribution in [2.75, 3.05) is 7.11 Å². The number of esters is 1. The van der Waals surface area contributed by atoms with Crippen LogP contribution in [-0.4, -0.2) is 36.1 Å². The molecule has 142 valence electrons. The second kappa shape index (κ2) is 8.86. The van der Waals surface area contributed by atoms with Gasteiger partial charge < -0.3 is 14.8 Å². The summed E-state index contributed by atoms with van der Waals surface area (Å²) in [5.74, 6) is 0.00295. The van der Waals surface area contributed by atoms with Crippen LogP contribution in [0, 0.1) is 0 Å². The molecule has 0 aliphatic heterocycles. The van der Waals surface area contributed by atoms with Gasteiger partial charge in [-0.15, -0.1) is 0 Å². The van der Waals surface area contributed by atoms with Gasteiger partial charge in [-0.25, -0.2) is 9.78 Å². The quantitative estimate of drug-likeness (QED) is 0.791. The van der Waals surface area contributed by atoms with E-state index in [9.17, 15) is 9.59 Å². The van der Waals surface area contributed by atoms with Crippen LogP contribution in [-0.2, 0) is 4.74 Å². The minimum Gasteiger partial charge on any atom is -0.474 e. The Kier molecular flexibility index (Phi) is 6.29. The summed E-state index contributed by atoms with van der Waals surface area (Å²) >= 11 is 5.82. The van der Waals surface area contributed by atoms with E-state index in [4.69, 9.17) is 16.3 Å². The van der Waals surface area contributed by atoms with Gasteiger partial charge in [-0.2, -0.15) is 0 Å². The van der Waals surface area contributed by atoms with Gasteiger partial charge in [0, 0.05) is 23.9 Å². The minimum absolute atomic E-state index is 0.0890. The molecule has 3 rings (SSSR count). The van der Waals surface area contributed by atoms with E-state index in [1.54, 1.807) is 42.6 Å². The predicted octanol–water partition coefficient (Wildman–Crippen LogP) is 3.64. The molecule has 2 aromatic rings. The number of hydrogen-bond donors (Lipinski definition) is 1. The Morgan fingerprint density at radius 2 is 1.70 bits per heavy atom. The van der Waals surface area contributed by atoms with E-state index in [-0.39, 0.29) is 18.1 Å². The van der Waals surface area contributed by atoms with E-state index in [1.165, 1.54) is 7.11 Å². The number of methoxy groups -OCH3 is 1. The molecule has 1 fully saturated rings. The molecule has 0 unspecified atom stereocenters. The molecule has 1 heterocycles. The lowest BCUT2D eigenvalue weighted by atomic mass is 9.92. The summed E-state index contributed by atoms with van der Waals surface area (Å²) in [5.41, 5.74) is 0.939. The van der Waals surface area contributed by atoms with Crippen LogP contribution in [0.1, 0.15) is 46.4 Å². The second-order valence-electron chi connectivity index (χ2n) is 6.45. The van der Waals surface area contributed by atoms with Crippen molar-refractivity contribution in [2.24, 2.45) is 0 Å². The number of carbonyl (C=O) groups excluding carboxylic acids is 2. The van der Waals surface area contributed by atoms with Gasteiger partial charge in [-0.3, -0.25) is 4.79 Å². The maximum absolute atomic E-state index is 12.4. The number of rotatable bonds is 5. The molecule has 1 N–H and O–H groups in total. The standard InChI is InChI=1S/C20H21ClN2O4/c1-26-20(25)14-4-2-13(3-5-14)19(24)23-16-7-9-17(10-8-16)27-18-11-6-15(21)12-22-18/h2-6,11-12,16-17H,7-10H2,1H3,(H,23,24). The molecule has 1 aliphatic rings. The van der Waals surface area contributed by atoms with Crippen LogP contribution in [0.25, 0.3) is 0 Å². The fourth-order valence-corrected chi connectivity index (χ4v) is 3.18. The van der Waals surface area contributed by atoms with Gasteiger partial charge in [-0.1, -0.05) is 11.6 Å². The zero-order valence-corrected chi connectivity index (χ0v) is 15.7. The molecule has 0 saturated heterocycles. The minimum atomic E-state index is -0.421. The number of carbonyl (C=O) groups is 2. The summed E-state index contributed by atoms with van der Waals surface area (Å²) in [5, 5.41) is 3.62. The highest BCUT2D eigenvalue weighted by Gasteiger charge is 2.24. The molecule has 1 aromatic carbocycles. The number of ether oxygens (including phenoxy) is 2. The normalized spacial score (nSPS) is 19.2. The van der Waals surface area contributed by atoms with Crippen LogP contribution >= 0.6 is 11.6 Å². The third-order valence-corrected chi connectivity index (χ3v) is 4.79. The molecule has 1 amide bonds. The summed E-state index contributed by atoms with van der Waals surface area (Å²) < 4.78 is 10.5. The molecule has 7 heteroatoms. The average molecular weight is 389 g/mol. The Balaban J connectivity index is 1.47. The zero-order valence-electron chi connectivity index (χ0n) is 15.0. The Morgan fingerprint density at radius 1 is 1.04 bits per heavy atom. The first kappa shape index (κ1) is 19.2. The van der Waals surface area contributed by atoms with Crippen molar-refractivity contribution >= 4 is 23.5 Å². The molecule has 0 spiro atoms. The van der Waals surface area contributed by atoms with Crippen LogP contribution in [0.15, 0.2) is 42.6 Å². The molecule has 0 radical (unpaired) electrons. The van der Waals surface area contributed by atoms with E-state index in [2.05, 4.69) is 15.0 Å². The van der Waals surface area contributed by atoms with Crippen molar-refractivity contribution in [3.05, 3.63) is 58.7 Å². The largest absolute Gasteiger partial charge is 0.474 e. The molecular formula is C20H21ClN2O4. The molecule has 0 atom stereocenters. The summed E-state index contributed by atoms with van der Waals surface area (Å²) in [6.45, 7) is 0. The number of nitrogens with zero attached hydrogens (tertiary/aromatic N) is 1. The highest BCUT2D eigenvalue weighted by molar-refractivity contribution is 6.30. The van der Waals surface area contributed by atoms with Crippen LogP contribution in [0.3, 0.4) is 0 Å². The smallest absolute Gasteiger partial charge is 0.337 e. The van der Waals surface area contributed by atoms with E-state index >= 15 is 0 Å². The van der Waals surface area contributed by atoms with Crippen molar-refractivity contribution < 1.29 is 19.1 Å². The van der Waals surface area contributed by atoms with Gasteiger partial charge in [0.15, 0.2) is 0 Å². The average Bonchev–Trinajstić information content (AvgIpc) is 2.70. The number of aromatic nitrogens is 1. The molecule has 1 aromatic heterocycles. The van der Waals surface area contributed by atoms with E-state index in [0.29, 0.717) is 22.0 Å². The summed E-state index contributed by atoms with van der Waals surface area (Å²) in [4.78, 5) is 28.0. The summed E-state index contributed by atoms with van der Waals surface area (Å²) in [6.07, 6.45) is 5.02. The van der Waals surface area contributed by atoms with Crippen LogP contribution in [0.4, 0.5) is 0 Å². The molecule has 6 nitrogen and oxygen atoms in total. The molecule has 0 bridgehead atoms. The van der Waals surface area contributed by atoms with Crippen molar-refractivity contribution in [1.29, 1.82) is 0 Å². The third-order valence-electron chi connectivity index (χ3n) is 4.57. The van der Waals surface area contributed by atoms with Gasteiger partial charge in [0.1, 0.15) is 6.10 Å². The van der Waals surface area contributed by atoms with E-state index < -0.39 is 5.97 Å². The SMILES string of the molecule is COC(=O)c1ccc(C(=O)NC2CCC(Oc3ccc(Cl)cn3)CC2)cc1. The number of hydrogen-bond acceptors (Lipinski definition) is 5. The van der Waals surface area contributed by atoms with E-state index in [1.807, 2.05) is 0 Å². The van der Waals surface area contributed by atoms with Crippen LogP contribution in [0.5, 0.6) is 5.88 Å². The van der Waals surface area contributed by atoms with Crippen molar-refractivity contribution in [2.45, 2.75) is 37.8 Å². The van der Waals surface area contributed by atoms with Crippen LogP contribution in [0.2, 0.25) is 5.02 Å². The topological polar surface area (TPSA) is 77.5 Å². The molecule has 1 aliphatic carbocycles. The van der Waals surface area contributed by atoms with Gasteiger partial charge in [-0.05, 0) is 56.0 Å². The maximum Gasteiger partial charge on any atom is 0.337 e. The fourth-order valence-electron chi connectivity index (χ4n) is 3.07. The lowest BCUT2D eigenvalue weighted by Crippen LogP contribution is -2.39. The lowest BCUT2D eigenvalue weighted by Gasteiger charge is -2.29. The Hall–Kier alpha value is -2.60. The van der Waals surface area contributed by atoms with Crippen LogP contribution < -0.4 is 10.1 Å². The second-order valence-corrected chi connectivity index (χ2v) is 6.88. The van der Waals surface area contributed by atoms with Gasteiger partial charge in [0.05, 0.1) is 17.7 Å². The van der Waals surface area contributed by atoms with Gasteiger partial charge in [0.25, 0.3) is 5.91 Å². The van der Waals surface area contributed by atoms with Gasteiger partial charge >= 0.3 is 5.97 Å². The number of amides is 1. The first-order chi connectivity index (χ1) is 13.0. The van der Waals surface area contributed by atoms with Gasteiger partial charge in [0.2, 0.25) is 5.88 Å². The summed E-state index contributed by atoms with van der Waals surface area (Å²) in [7, 11) is 1.33. The fraction of sp³-hybridized carbons (Fsp3) is 0.350. The Labute approximate surface area is 162 Å². The van der Waals surface area contributed by atoms with Crippen molar-refractivity contribution in [3.63, 3.8) is 0 Å². The predicted molar refractivity (Wildman–Crippen MR) is 101 cm³/mol. The number of pyridine rings is 1. The molecular weight excluding hydrogens is 368 g/mol.